The molecule has 6 heteroatoms. The van der Waals surface area contributed by atoms with Crippen molar-refractivity contribution in [3.05, 3.63) is 108 Å². The van der Waals surface area contributed by atoms with E-state index in [1.54, 1.807) is 0 Å². The smallest absolute Gasteiger partial charge is 0.138 e. The SMILES string of the molecule is CCO[C@@]1(COCc2ccccc2)[C@H](N[C@H](c2ccccc2)[C@@H](O)c2ccccc2)[C@@H](O)[C@@H]2O[C@@H]21. The molecule has 0 radical (unpaired) electrons. The summed E-state index contributed by atoms with van der Waals surface area (Å²) in [6.45, 7) is 3.08. The molecule has 0 spiro atoms. The Hall–Kier alpha value is -2.58. The van der Waals surface area contributed by atoms with Gasteiger partial charge in [0.2, 0.25) is 0 Å². The van der Waals surface area contributed by atoms with E-state index in [0.29, 0.717) is 13.2 Å². The monoisotopic (exact) mass is 475 g/mol. The molecule has 0 aromatic heterocycles. The summed E-state index contributed by atoms with van der Waals surface area (Å²) in [7, 11) is 0. The summed E-state index contributed by atoms with van der Waals surface area (Å²) in [5.74, 6) is 0. The average molecular weight is 476 g/mol. The molecule has 5 rings (SSSR count). The molecule has 2 aliphatic rings. The lowest BCUT2D eigenvalue weighted by molar-refractivity contribution is -0.148. The van der Waals surface area contributed by atoms with Crippen LogP contribution in [0.1, 0.15) is 35.8 Å². The largest absolute Gasteiger partial charge is 0.389 e. The first-order chi connectivity index (χ1) is 17.1. The highest BCUT2D eigenvalue weighted by Gasteiger charge is 2.71. The predicted molar refractivity (Wildman–Crippen MR) is 133 cm³/mol. The van der Waals surface area contributed by atoms with Gasteiger partial charge in [0.1, 0.15) is 23.9 Å². The highest BCUT2D eigenvalue weighted by molar-refractivity contribution is 5.29. The second-order valence-corrected chi connectivity index (χ2v) is 9.27. The predicted octanol–water partition coefficient (Wildman–Crippen LogP) is 3.55. The zero-order valence-electron chi connectivity index (χ0n) is 19.9. The third kappa shape index (κ3) is 4.91. The van der Waals surface area contributed by atoms with Gasteiger partial charge in [0.15, 0.2) is 0 Å². The summed E-state index contributed by atoms with van der Waals surface area (Å²) in [5, 5.41) is 26.2. The standard InChI is InChI=1S/C29H33NO5/c1-2-34-29(19-33-18-20-12-6-3-7-13-20)27(25(32)26-28(29)35-26)30-23(21-14-8-4-9-15-21)24(31)22-16-10-5-11-17-22/h3-17,23-28,30-32H,2,18-19H2,1H3/t23-,24+,25+,26+,27-,28+,29+/m1/s1. The quantitative estimate of drug-likeness (QED) is 0.368. The first-order valence-electron chi connectivity index (χ1n) is 12.3. The Balaban J connectivity index is 1.42. The molecule has 184 valence electrons. The van der Waals surface area contributed by atoms with Gasteiger partial charge in [-0.2, -0.15) is 0 Å². The minimum Gasteiger partial charge on any atom is -0.389 e. The Bertz CT molecular complexity index is 1070. The van der Waals surface area contributed by atoms with Crippen molar-refractivity contribution < 1.29 is 24.4 Å². The molecule has 7 atom stereocenters. The topological polar surface area (TPSA) is 83.5 Å². The molecule has 1 saturated carbocycles. The van der Waals surface area contributed by atoms with E-state index < -0.39 is 29.9 Å². The molecule has 2 fully saturated rings. The molecule has 1 saturated heterocycles. The Morgan fingerprint density at radius 1 is 0.914 bits per heavy atom. The van der Waals surface area contributed by atoms with Gasteiger partial charge in [-0.25, -0.2) is 0 Å². The van der Waals surface area contributed by atoms with E-state index in [1.807, 2.05) is 97.9 Å². The van der Waals surface area contributed by atoms with Crippen LogP contribution in [-0.4, -0.2) is 53.4 Å². The number of aliphatic hydroxyl groups excluding tert-OH is 2. The summed E-state index contributed by atoms with van der Waals surface area (Å²) in [5.41, 5.74) is 1.91. The lowest BCUT2D eigenvalue weighted by atomic mass is 9.90. The van der Waals surface area contributed by atoms with Crippen LogP contribution in [0.4, 0.5) is 0 Å². The maximum atomic E-state index is 11.4. The summed E-state index contributed by atoms with van der Waals surface area (Å²) in [6.07, 6.45) is -2.20. The van der Waals surface area contributed by atoms with Gasteiger partial charge in [-0.05, 0) is 23.6 Å². The van der Waals surface area contributed by atoms with Gasteiger partial charge >= 0.3 is 0 Å². The van der Waals surface area contributed by atoms with Gasteiger partial charge in [0.25, 0.3) is 0 Å². The van der Waals surface area contributed by atoms with E-state index >= 15 is 0 Å². The maximum absolute atomic E-state index is 11.4. The van der Waals surface area contributed by atoms with E-state index in [9.17, 15) is 10.2 Å². The minimum absolute atomic E-state index is 0.259. The van der Waals surface area contributed by atoms with Crippen LogP contribution in [0, 0.1) is 0 Å². The number of hydrogen-bond donors (Lipinski definition) is 3. The first kappa shape index (κ1) is 24.1. The lowest BCUT2D eigenvalue weighted by Crippen LogP contribution is -2.61. The number of fused-ring (bicyclic) bond motifs is 1. The molecule has 3 N–H and O–H groups in total. The van der Waals surface area contributed by atoms with E-state index in [1.165, 1.54) is 0 Å². The number of nitrogens with one attached hydrogen (secondary N) is 1. The zero-order valence-corrected chi connectivity index (χ0v) is 19.9. The van der Waals surface area contributed by atoms with Gasteiger partial charge in [-0.15, -0.1) is 0 Å². The number of benzene rings is 3. The van der Waals surface area contributed by atoms with Gasteiger partial charge in [-0.1, -0.05) is 91.0 Å². The number of aliphatic hydroxyl groups is 2. The highest BCUT2D eigenvalue weighted by Crippen LogP contribution is 2.49. The second-order valence-electron chi connectivity index (χ2n) is 9.27. The van der Waals surface area contributed by atoms with Gasteiger partial charge in [0, 0.05) is 6.61 Å². The lowest BCUT2D eigenvalue weighted by Gasteiger charge is -2.41. The zero-order chi connectivity index (χ0) is 24.3. The summed E-state index contributed by atoms with van der Waals surface area (Å²) in [4.78, 5) is 0. The van der Waals surface area contributed by atoms with Gasteiger partial charge in [-0.3, -0.25) is 5.32 Å². The van der Waals surface area contributed by atoms with Crippen LogP contribution in [0.3, 0.4) is 0 Å². The van der Waals surface area contributed by atoms with E-state index in [2.05, 4.69) is 5.32 Å². The Morgan fingerprint density at radius 3 is 2.14 bits per heavy atom. The van der Waals surface area contributed by atoms with Crippen molar-refractivity contribution in [1.29, 1.82) is 0 Å². The third-order valence-corrected chi connectivity index (χ3v) is 7.04. The average Bonchev–Trinajstić information content (AvgIpc) is 3.68. The fourth-order valence-corrected chi connectivity index (χ4v) is 5.30. The van der Waals surface area contributed by atoms with Crippen molar-refractivity contribution >= 4 is 0 Å². The minimum atomic E-state index is -0.878. The highest BCUT2D eigenvalue weighted by atomic mass is 16.7. The fraction of sp³-hybridized carbons (Fsp3) is 0.379. The summed E-state index contributed by atoms with van der Waals surface area (Å²) < 4.78 is 18.3. The van der Waals surface area contributed by atoms with Crippen LogP contribution in [0.2, 0.25) is 0 Å². The van der Waals surface area contributed by atoms with Crippen molar-refractivity contribution in [2.75, 3.05) is 13.2 Å². The van der Waals surface area contributed by atoms with E-state index in [4.69, 9.17) is 14.2 Å². The molecule has 3 aromatic rings. The fourth-order valence-electron chi connectivity index (χ4n) is 5.30. The van der Waals surface area contributed by atoms with Crippen molar-refractivity contribution in [2.24, 2.45) is 0 Å². The molecule has 35 heavy (non-hydrogen) atoms. The van der Waals surface area contributed by atoms with E-state index in [0.717, 1.165) is 16.7 Å². The molecule has 0 unspecified atom stereocenters. The first-order valence-corrected chi connectivity index (χ1v) is 12.3. The molecule has 1 heterocycles. The molecular formula is C29H33NO5. The number of hydrogen-bond acceptors (Lipinski definition) is 6. The van der Waals surface area contributed by atoms with Crippen molar-refractivity contribution in [3.8, 4) is 0 Å². The number of rotatable bonds is 11. The molecule has 1 aliphatic carbocycles. The Kier molecular flexibility index (Phi) is 7.29. The van der Waals surface area contributed by atoms with Crippen molar-refractivity contribution in [1.82, 2.24) is 5.32 Å². The van der Waals surface area contributed by atoms with Crippen LogP contribution in [0.25, 0.3) is 0 Å². The molecular weight excluding hydrogens is 442 g/mol. The van der Waals surface area contributed by atoms with Gasteiger partial charge in [0.05, 0.1) is 31.4 Å². The normalized spacial score (nSPS) is 28.9. The van der Waals surface area contributed by atoms with Crippen molar-refractivity contribution in [3.63, 3.8) is 0 Å². The molecule has 1 aliphatic heterocycles. The molecule has 6 nitrogen and oxygen atoms in total. The van der Waals surface area contributed by atoms with Gasteiger partial charge < -0.3 is 24.4 Å². The van der Waals surface area contributed by atoms with Crippen LogP contribution in [-0.2, 0) is 20.8 Å². The van der Waals surface area contributed by atoms with E-state index in [-0.39, 0.29) is 18.8 Å². The van der Waals surface area contributed by atoms with Crippen LogP contribution in [0.5, 0.6) is 0 Å². The number of ether oxygens (including phenoxy) is 3. The van der Waals surface area contributed by atoms with Crippen molar-refractivity contribution in [2.45, 2.75) is 55.6 Å². The maximum Gasteiger partial charge on any atom is 0.138 e. The summed E-state index contributed by atoms with van der Waals surface area (Å²) in [6, 6.07) is 28.4. The van der Waals surface area contributed by atoms with Crippen LogP contribution in [0.15, 0.2) is 91.0 Å². The second kappa shape index (κ2) is 10.6. The number of epoxide rings is 1. The summed E-state index contributed by atoms with van der Waals surface area (Å²) >= 11 is 0. The molecule has 0 bridgehead atoms. The van der Waals surface area contributed by atoms with Crippen LogP contribution >= 0.6 is 0 Å². The Morgan fingerprint density at radius 2 is 1.51 bits per heavy atom. The van der Waals surface area contributed by atoms with Crippen LogP contribution < -0.4 is 5.32 Å². The molecule has 0 amide bonds. The third-order valence-electron chi connectivity index (χ3n) is 7.04. The Labute approximate surface area is 206 Å². The molecule has 3 aromatic carbocycles.